The van der Waals surface area contributed by atoms with Crippen LogP contribution in [0, 0.1) is 5.92 Å². The third-order valence-corrected chi connectivity index (χ3v) is 4.76. The van der Waals surface area contributed by atoms with Crippen LogP contribution in [0.3, 0.4) is 0 Å². The van der Waals surface area contributed by atoms with Gasteiger partial charge in [-0.3, -0.25) is 4.79 Å². The molecule has 2 rings (SSSR count). The van der Waals surface area contributed by atoms with E-state index in [0.29, 0.717) is 18.5 Å². The van der Waals surface area contributed by atoms with Crippen molar-refractivity contribution in [1.82, 2.24) is 15.5 Å². The second kappa shape index (κ2) is 10.0. The maximum Gasteiger partial charge on any atom is 0.241 e. The fraction of sp³-hybridized carbons (Fsp3) is 0.600. The lowest BCUT2D eigenvalue weighted by atomic mass is 9.87. The monoisotopic (exact) mass is 360 g/mol. The summed E-state index contributed by atoms with van der Waals surface area (Å²) in [5, 5.41) is 6.70. The largest absolute Gasteiger partial charge is 0.497 e. The van der Waals surface area contributed by atoms with Crippen LogP contribution in [0.4, 0.5) is 0 Å². The predicted molar refractivity (Wildman–Crippen MR) is 105 cm³/mol. The summed E-state index contributed by atoms with van der Waals surface area (Å²) in [5.41, 5.74) is 1.10. The van der Waals surface area contributed by atoms with Crippen molar-refractivity contribution in [2.24, 2.45) is 10.9 Å². The van der Waals surface area contributed by atoms with Crippen molar-refractivity contribution in [3.05, 3.63) is 29.8 Å². The second-order valence-corrected chi connectivity index (χ2v) is 7.27. The number of hydrogen-bond donors (Lipinski definition) is 2. The third kappa shape index (κ3) is 6.58. The minimum atomic E-state index is 0.0287. The Bertz CT molecular complexity index is 598. The Morgan fingerprint density at radius 3 is 2.62 bits per heavy atom. The van der Waals surface area contributed by atoms with Gasteiger partial charge in [0, 0.05) is 20.1 Å². The average Bonchev–Trinajstić information content (AvgIpc) is 2.64. The molecule has 0 heterocycles. The maximum atomic E-state index is 11.9. The van der Waals surface area contributed by atoms with Gasteiger partial charge < -0.3 is 20.3 Å². The molecule has 0 bridgehead atoms. The lowest BCUT2D eigenvalue weighted by molar-refractivity contribution is -0.127. The van der Waals surface area contributed by atoms with Gasteiger partial charge in [-0.15, -0.1) is 0 Å². The molecule has 1 saturated carbocycles. The van der Waals surface area contributed by atoms with Gasteiger partial charge in [-0.1, -0.05) is 31.9 Å². The summed E-state index contributed by atoms with van der Waals surface area (Å²) < 4.78 is 5.19. The molecule has 1 amide bonds. The van der Waals surface area contributed by atoms with Crippen LogP contribution in [0.25, 0.3) is 0 Å². The molecule has 26 heavy (non-hydrogen) atoms. The Hall–Kier alpha value is -2.24. The SMILES string of the molecule is COc1ccc(CN=C(NCC(=O)N(C)C)NC2CCCC(C)C2)cc1. The molecule has 2 atom stereocenters. The highest BCUT2D eigenvalue weighted by molar-refractivity contribution is 5.86. The van der Waals surface area contributed by atoms with Crippen LogP contribution >= 0.6 is 0 Å². The zero-order chi connectivity index (χ0) is 18.9. The number of aliphatic imine (C=N–C) groups is 1. The van der Waals surface area contributed by atoms with Crippen molar-refractivity contribution < 1.29 is 9.53 Å². The van der Waals surface area contributed by atoms with Crippen LogP contribution in [0.15, 0.2) is 29.3 Å². The number of nitrogens with one attached hydrogen (secondary N) is 2. The number of ether oxygens (including phenoxy) is 1. The van der Waals surface area contributed by atoms with E-state index in [1.807, 2.05) is 24.3 Å². The number of hydrogen-bond acceptors (Lipinski definition) is 3. The number of guanidine groups is 1. The molecule has 2 N–H and O–H groups in total. The van der Waals surface area contributed by atoms with Gasteiger partial charge in [0.1, 0.15) is 5.75 Å². The number of methoxy groups -OCH3 is 1. The Labute approximate surface area is 157 Å². The molecule has 6 nitrogen and oxygen atoms in total. The molecule has 1 aromatic carbocycles. The number of carbonyl (C=O) groups excluding carboxylic acids is 1. The summed E-state index contributed by atoms with van der Waals surface area (Å²) in [6.07, 6.45) is 4.82. The van der Waals surface area contributed by atoms with Crippen LogP contribution in [0.1, 0.15) is 38.2 Å². The number of carbonyl (C=O) groups is 1. The van der Waals surface area contributed by atoms with E-state index in [1.165, 1.54) is 12.8 Å². The van der Waals surface area contributed by atoms with Crippen molar-refractivity contribution in [3.8, 4) is 5.75 Å². The van der Waals surface area contributed by atoms with Crippen molar-refractivity contribution in [2.75, 3.05) is 27.7 Å². The van der Waals surface area contributed by atoms with Gasteiger partial charge in [-0.05, 0) is 36.5 Å². The van der Waals surface area contributed by atoms with Gasteiger partial charge >= 0.3 is 0 Å². The molecule has 1 fully saturated rings. The first-order valence-corrected chi connectivity index (χ1v) is 9.36. The maximum absolute atomic E-state index is 11.9. The van der Waals surface area contributed by atoms with Crippen LogP contribution in [0.2, 0.25) is 0 Å². The van der Waals surface area contributed by atoms with E-state index < -0.39 is 0 Å². The Kier molecular flexibility index (Phi) is 7.75. The topological polar surface area (TPSA) is 66.0 Å². The van der Waals surface area contributed by atoms with E-state index in [1.54, 1.807) is 26.1 Å². The first-order chi connectivity index (χ1) is 12.5. The van der Waals surface area contributed by atoms with E-state index in [2.05, 4.69) is 22.5 Å². The van der Waals surface area contributed by atoms with Gasteiger partial charge in [0.25, 0.3) is 0 Å². The number of rotatable bonds is 6. The summed E-state index contributed by atoms with van der Waals surface area (Å²) in [7, 11) is 5.18. The fourth-order valence-electron chi connectivity index (χ4n) is 3.13. The molecular weight excluding hydrogens is 328 g/mol. The minimum Gasteiger partial charge on any atom is -0.497 e. The van der Waals surface area contributed by atoms with Crippen LogP contribution in [-0.2, 0) is 11.3 Å². The van der Waals surface area contributed by atoms with Gasteiger partial charge in [0.2, 0.25) is 5.91 Å². The molecule has 0 aromatic heterocycles. The van der Waals surface area contributed by atoms with Crippen molar-refractivity contribution in [2.45, 2.75) is 45.2 Å². The van der Waals surface area contributed by atoms with Gasteiger partial charge in [-0.25, -0.2) is 4.99 Å². The smallest absolute Gasteiger partial charge is 0.241 e. The lowest BCUT2D eigenvalue weighted by Gasteiger charge is -2.29. The van der Waals surface area contributed by atoms with Crippen LogP contribution < -0.4 is 15.4 Å². The second-order valence-electron chi connectivity index (χ2n) is 7.27. The number of nitrogens with zero attached hydrogens (tertiary/aromatic N) is 2. The summed E-state index contributed by atoms with van der Waals surface area (Å²) in [5.74, 6) is 2.30. The number of likely N-dealkylation sites (N-methyl/N-ethyl adjacent to an activating group) is 1. The zero-order valence-corrected chi connectivity index (χ0v) is 16.4. The summed E-state index contributed by atoms with van der Waals surface area (Å²) in [6.45, 7) is 3.09. The van der Waals surface area contributed by atoms with Gasteiger partial charge in [0.15, 0.2) is 5.96 Å². The van der Waals surface area contributed by atoms with Crippen molar-refractivity contribution >= 4 is 11.9 Å². The summed E-state index contributed by atoms with van der Waals surface area (Å²) in [4.78, 5) is 18.2. The lowest BCUT2D eigenvalue weighted by Crippen LogP contribution is -2.47. The van der Waals surface area contributed by atoms with E-state index in [-0.39, 0.29) is 12.5 Å². The van der Waals surface area contributed by atoms with Crippen LogP contribution in [-0.4, -0.2) is 50.6 Å². The molecule has 144 valence electrons. The van der Waals surface area contributed by atoms with E-state index in [9.17, 15) is 4.79 Å². The molecule has 1 aliphatic carbocycles. The van der Waals surface area contributed by atoms with Crippen LogP contribution in [0.5, 0.6) is 5.75 Å². The van der Waals surface area contributed by atoms with Gasteiger partial charge in [0.05, 0.1) is 20.2 Å². The highest BCUT2D eigenvalue weighted by atomic mass is 16.5. The molecule has 1 aliphatic rings. The molecule has 2 unspecified atom stereocenters. The number of amides is 1. The molecular formula is C20H32N4O2. The molecule has 0 aliphatic heterocycles. The highest BCUT2D eigenvalue weighted by Crippen LogP contribution is 2.23. The van der Waals surface area contributed by atoms with Crippen molar-refractivity contribution in [1.29, 1.82) is 0 Å². The molecule has 0 saturated heterocycles. The van der Waals surface area contributed by atoms with E-state index in [0.717, 1.165) is 30.1 Å². The molecule has 1 aromatic rings. The molecule has 0 radical (unpaired) electrons. The highest BCUT2D eigenvalue weighted by Gasteiger charge is 2.20. The Morgan fingerprint density at radius 2 is 2.00 bits per heavy atom. The third-order valence-electron chi connectivity index (χ3n) is 4.76. The Balaban J connectivity index is 2.00. The molecule has 0 spiro atoms. The minimum absolute atomic E-state index is 0.0287. The standard InChI is InChI=1S/C20H32N4O2/c1-15-6-5-7-17(12-15)23-20(22-14-19(25)24(2)3)21-13-16-8-10-18(26-4)11-9-16/h8-11,15,17H,5-7,12-14H2,1-4H3,(H2,21,22,23). The van der Waals surface area contributed by atoms with E-state index in [4.69, 9.17) is 4.74 Å². The molecule has 6 heteroatoms. The van der Waals surface area contributed by atoms with Crippen molar-refractivity contribution in [3.63, 3.8) is 0 Å². The van der Waals surface area contributed by atoms with Gasteiger partial charge in [-0.2, -0.15) is 0 Å². The summed E-state index contributed by atoms with van der Waals surface area (Å²) in [6, 6.07) is 8.30. The Morgan fingerprint density at radius 1 is 1.27 bits per heavy atom. The first kappa shape index (κ1) is 20.1. The first-order valence-electron chi connectivity index (χ1n) is 9.36. The zero-order valence-electron chi connectivity index (χ0n) is 16.4. The quantitative estimate of drug-likeness (QED) is 0.604. The fourth-order valence-corrected chi connectivity index (χ4v) is 3.13. The van der Waals surface area contributed by atoms with E-state index >= 15 is 0 Å². The summed E-state index contributed by atoms with van der Waals surface area (Å²) >= 11 is 0. The normalized spacial score (nSPS) is 20.4. The predicted octanol–water partition coefficient (Wildman–Crippen LogP) is 2.40. The number of benzene rings is 1. The average molecular weight is 361 g/mol.